The summed E-state index contributed by atoms with van der Waals surface area (Å²) in [4.78, 5) is 11.8. The monoisotopic (exact) mass is 314 g/mol. The molecule has 0 aliphatic carbocycles. The van der Waals surface area contributed by atoms with E-state index in [0.29, 0.717) is 0 Å². The van der Waals surface area contributed by atoms with E-state index >= 15 is 0 Å². The van der Waals surface area contributed by atoms with E-state index in [9.17, 15) is 13.2 Å². The third-order valence-corrected chi connectivity index (χ3v) is 4.74. The Morgan fingerprint density at radius 2 is 2.24 bits per heavy atom. The van der Waals surface area contributed by atoms with Gasteiger partial charge in [-0.05, 0) is 20.8 Å². The number of hydrogen-bond acceptors (Lipinski definition) is 6. The average molecular weight is 314 g/mol. The van der Waals surface area contributed by atoms with Crippen LogP contribution in [0.25, 0.3) is 0 Å². The van der Waals surface area contributed by atoms with E-state index in [1.165, 1.54) is 0 Å². The molecule has 0 saturated heterocycles. The fourth-order valence-corrected chi connectivity index (χ4v) is 3.46. The first-order chi connectivity index (χ1) is 9.86. The summed E-state index contributed by atoms with van der Waals surface area (Å²) >= 11 is 0. The van der Waals surface area contributed by atoms with Crippen LogP contribution in [0.5, 0.6) is 0 Å². The highest BCUT2D eigenvalue weighted by molar-refractivity contribution is 7.89. The standard InChI is InChI=1S/C12H18N4O4S/c1-4-20-12(17)10-8-14-15-11(10)21(18,19)16(9(2)3)7-5-6-13/h8-9H,4-5,7H2,1-3H3,(H,14,15). The second-order valence-corrected chi connectivity index (χ2v) is 6.28. The second kappa shape index (κ2) is 7.19. The van der Waals surface area contributed by atoms with E-state index in [-0.39, 0.29) is 36.2 Å². The van der Waals surface area contributed by atoms with Crippen LogP contribution in [0, 0.1) is 11.3 Å². The number of sulfonamides is 1. The van der Waals surface area contributed by atoms with E-state index in [1.807, 2.05) is 6.07 Å². The molecular weight excluding hydrogens is 296 g/mol. The molecule has 9 heteroatoms. The van der Waals surface area contributed by atoms with E-state index in [4.69, 9.17) is 10.00 Å². The van der Waals surface area contributed by atoms with Gasteiger partial charge in [-0.2, -0.15) is 14.7 Å². The minimum Gasteiger partial charge on any atom is -0.462 e. The van der Waals surface area contributed by atoms with Gasteiger partial charge in [-0.15, -0.1) is 0 Å². The van der Waals surface area contributed by atoms with Crippen LogP contribution in [0.15, 0.2) is 11.2 Å². The van der Waals surface area contributed by atoms with Crippen molar-refractivity contribution < 1.29 is 17.9 Å². The number of rotatable bonds is 7. The van der Waals surface area contributed by atoms with Crippen molar-refractivity contribution in [3.63, 3.8) is 0 Å². The predicted octanol–water partition coefficient (Wildman–Crippen LogP) is 0.899. The van der Waals surface area contributed by atoms with Gasteiger partial charge in [0, 0.05) is 19.0 Å². The highest BCUT2D eigenvalue weighted by atomic mass is 32.2. The van der Waals surface area contributed by atoms with Gasteiger partial charge in [0.15, 0.2) is 5.03 Å². The molecule has 0 saturated carbocycles. The number of esters is 1. The Kier molecular flexibility index (Phi) is 5.87. The third-order valence-electron chi connectivity index (χ3n) is 2.69. The Hall–Kier alpha value is -1.92. The van der Waals surface area contributed by atoms with Crippen LogP contribution in [0.2, 0.25) is 0 Å². The second-order valence-electron chi connectivity index (χ2n) is 4.45. The minimum absolute atomic E-state index is 0.0395. The summed E-state index contributed by atoms with van der Waals surface area (Å²) in [5.41, 5.74) is -0.139. The Morgan fingerprint density at radius 3 is 2.76 bits per heavy atom. The lowest BCUT2D eigenvalue weighted by molar-refractivity contribution is 0.0521. The van der Waals surface area contributed by atoms with Crippen molar-refractivity contribution in [2.24, 2.45) is 0 Å². The molecular formula is C12H18N4O4S. The Labute approximate surface area is 123 Å². The highest BCUT2D eigenvalue weighted by Gasteiger charge is 2.32. The van der Waals surface area contributed by atoms with Crippen molar-refractivity contribution in [1.82, 2.24) is 14.5 Å². The largest absolute Gasteiger partial charge is 0.462 e. The van der Waals surface area contributed by atoms with Crippen LogP contribution in [-0.2, 0) is 14.8 Å². The molecule has 0 amide bonds. The van der Waals surface area contributed by atoms with Crippen molar-refractivity contribution in [2.75, 3.05) is 13.2 Å². The molecule has 0 atom stereocenters. The van der Waals surface area contributed by atoms with Crippen LogP contribution >= 0.6 is 0 Å². The van der Waals surface area contributed by atoms with Gasteiger partial charge in [-0.1, -0.05) is 0 Å². The van der Waals surface area contributed by atoms with E-state index in [2.05, 4.69) is 10.2 Å². The molecule has 0 aliphatic rings. The summed E-state index contributed by atoms with van der Waals surface area (Å²) in [6, 6.07) is 1.55. The lowest BCUT2D eigenvalue weighted by Crippen LogP contribution is -2.38. The SMILES string of the molecule is CCOC(=O)c1cn[nH]c1S(=O)(=O)N(CCC#N)C(C)C. The number of H-pyrrole nitrogens is 1. The van der Waals surface area contributed by atoms with Crippen LogP contribution in [0.4, 0.5) is 0 Å². The summed E-state index contributed by atoms with van der Waals surface area (Å²) in [5, 5.41) is 14.3. The number of aromatic amines is 1. The number of carbonyl (C=O) groups is 1. The van der Waals surface area contributed by atoms with Gasteiger partial charge in [0.05, 0.1) is 18.9 Å². The molecule has 1 aromatic heterocycles. The van der Waals surface area contributed by atoms with Gasteiger partial charge in [0.25, 0.3) is 10.0 Å². The minimum atomic E-state index is -3.96. The molecule has 0 aromatic carbocycles. The van der Waals surface area contributed by atoms with Gasteiger partial charge in [0.1, 0.15) is 5.56 Å². The fourth-order valence-electron chi connectivity index (χ4n) is 1.76. The quantitative estimate of drug-likeness (QED) is 0.747. The van der Waals surface area contributed by atoms with Gasteiger partial charge in [-0.3, -0.25) is 5.10 Å². The van der Waals surface area contributed by atoms with Crippen molar-refractivity contribution in [3.05, 3.63) is 11.8 Å². The Bertz CT molecular complexity index is 630. The topological polar surface area (TPSA) is 116 Å². The molecule has 1 aromatic rings. The molecule has 1 heterocycles. The molecule has 8 nitrogen and oxygen atoms in total. The summed E-state index contributed by atoms with van der Waals surface area (Å²) in [6.07, 6.45) is 1.17. The van der Waals surface area contributed by atoms with Crippen LogP contribution in [0.3, 0.4) is 0 Å². The molecule has 0 aliphatic heterocycles. The molecule has 0 spiro atoms. The van der Waals surface area contributed by atoms with Crippen molar-refractivity contribution in [1.29, 1.82) is 5.26 Å². The van der Waals surface area contributed by atoms with Crippen molar-refractivity contribution in [3.8, 4) is 6.07 Å². The molecule has 21 heavy (non-hydrogen) atoms. The lowest BCUT2D eigenvalue weighted by Gasteiger charge is -2.24. The van der Waals surface area contributed by atoms with E-state index in [0.717, 1.165) is 10.5 Å². The Morgan fingerprint density at radius 1 is 1.57 bits per heavy atom. The van der Waals surface area contributed by atoms with Gasteiger partial charge < -0.3 is 4.74 Å². The molecule has 0 fully saturated rings. The molecule has 0 bridgehead atoms. The zero-order valence-electron chi connectivity index (χ0n) is 12.2. The molecule has 1 N–H and O–H groups in total. The number of carbonyl (C=O) groups excluding carboxylic acids is 1. The first-order valence-corrected chi connectivity index (χ1v) is 7.89. The van der Waals surface area contributed by atoms with Crippen LogP contribution in [-0.4, -0.2) is 48.1 Å². The van der Waals surface area contributed by atoms with Gasteiger partial charge in [-0.25, -0.2) is 13.2 Å². The fraction of sp³-hybridized carbons (Fsp3) is 0.583. The van der Waals surface area contributed by atoms with Crippen LogP contribution in [0.1, 0.15) is 37.6 Å². The predicted molar refractivity (Wildman–Crippen MR) is 73.8 cm³/mol. The normalized spacial score (nSPS) is 11.6. The van der Waals surface area contributed by atoms with Gasteiger partial charge >= 0.3 is 5.97 Å². The maximum atomic E-state index is 12.6. The number of nitrogens with zero attached hydrogens (tertiary/aromatic N) is 3. The van der Waals surface area contributed by atoms with E-state index < -0.39 is 16.0 Å². The lowest BCUT2D eigenvalue weighted by atomic mass is 10.3. The zero-order chi connectivity index (χ0) is 16.0. The summed E-state index contributed by atoms with van der Waals surface area (Å²) in [5.74, 6) is -0.756. The van der Waals surface area contributed by atoms with Crippen molar-refractivity contribution in [2.45, 2.75) is 38.3 Å². The number of aromatic nitrogens is 2. The maximum absolute atomic E-state index is 12.6. The molecule has 116 valence electrons. The average Bonchev–Trinajstić information content (AvgIpc) is 2.88. The smallest absolute Gasteiger partial charge is 0.342 e. The zero-order valence-corrected chi connectivity index (χ0v) is 13.0. The Balaban J connectivity index is 3.21. The molecule has 1 rings (SSSR count). The number of nitrogens with one attached hydrogen (secondary N) is 1. The first kappa shape index (κ1) is 17.1. The summed E-state index contributed by atoms with van der Waals surface area (Å²) in [6.45, 7) is 5.17. The van der Waals surface area contributed by atoms with Crippen molar-refractivity contribution >= 4 is 16.0 Å². The van der Waals surface area contributed by atoms with E-state index in [1.54, 1.807) is 20.8 Å². The third kappa shape index (κ3) is 3.80. The van der Waals surface area contributed by atoms with Gasteiger partial charge in [0.2, 0.25) is 0 Å². The van der Waals surface area contributed by atoms with Crippen LogP contribution < -0.4 is 0 Å². The number of hydrogen-bond donors (Lipinski definition) is 1. The summed E-state index contributed by atoms with van der Waals surface area (Å²) < 4.78 is 31.2. The number of ether oxygens (including phenoxy) is 1. The first-order valence-electron chi connectivity index (χ1n) is 6.45. The molecule has 0 unspecified atom stereocenters. The molecule has 0 radical (unpaired) electrons. The highest BCUT2D eigenvalue weighted by Crippen LogP contribution is 2.20. The summed E-state index contributed by atoms with van der Waals surface area (Å²) in [7, 11) is -3.96. The number of nitriles is 1. The maximum Gasteiger partial charge on any atom is 0.342 e.